The molecular formula is C14H19NO2. The Morgan fingerprint density at radius 1 is 1.41 bits per heavy atom. The normalized spacial score (nSPS) is 18.4. The summed E-state index contributed by atoms with van der Waals surface area (Å²) < 4.78 is 5.35. The van der Waals surface area contributed by atoms with Gasteiger partial charge in [-0.2, -0.15) is 0 Å². The molecule has 0 fully saturated rings. The molecule has 1 aromatic rings. The first-order valence-corrected chi connectivity index (χ1v) is 6.00. The minimum absolute atomic E-state index is 0.124. The first kappa shape index (κ1) is 12.0. The van der Waals surface area contributed by atoms with E-state index in [0.29, 0.717) is 6.42 Å². The summed E-state index contributed by atoms with van der Waals surface area (Å²) in [5.74, 6) is 0.113. The highest BCUT2D eigenvalue weighted by Crippen LogP contribution is 2.33. The first-order chi connectivity index (χ1) is 7.96. The molecular weight excluding hydrogens is 214 g/mol. The minimum atomic E-state index is -0.400. The van der Waals surface area contributed by atoms with Gasteiger partial charge in [-0.05, 0) is 32.4 Å². The molecule has 0 radical (unpaired) electrons. The number of hydrogen-bond acceptors (Lipinski definition) is 3. The molecule has 1 aromatic carbocycles. The van der Waals surface area contributed by atoms with Gasteiger partial charge in [-0.15, -0.1) is 0 Å². The maximum atomic E-state index is 11.8. The Morgan fingerprint density at radius 2 is 2.12 bits per heavy atom. The summed E-state index contributed by atoms with van der Waals surface area (Å²) in [4.78, 5) is 11.8. The molecule has 0 aliphatic carbocycles. The molecule has 1 heterocycles. The molecule has 1 aliphatic heterocycles. The van der Waals surface area contributed by atoms with Crippen molar-refractivity contribution in [3.63, 3.8) is 0 Å². The fourth-order valence-electron chi connectivity index (χ4n) is 2.12. The van der Waals surface area contributed by atoms with Gasteiger partial charge in [-0.25, -0.2) is 0 Å². The van der Waals surface area contributed by atoms with Crippen LogP contribution < -0.4 is 5.32 Å². The van der Waals surface area contributed by atoms with E-state index in [1.165, 1.54) is 5.56 Å². The third-order valence-electron chi connectivity index (χ3n) is 2.77. The number of benzene rings is 1. The van der Waals surface area contributed by atoms with Crippen molar-refractivity contribution >= 4 is 11.7 Å². The molecule has 0 saturated heterocycles. The Kier molecular flexibility index (Phi) is 3.09. The molecule has 3 nitrogen and oxygen atoms in total. The summed E-state index contributed by atoms with van der Waals surface area (Å²) >= 11 is 0. The predicted octanol–water partition coefficient (Wildman–Crippen LogP) is 2.93. The molecule has 3 heteroatoms. The fourth-order valence-corrected chi connectivity index (χ4v) is 2.12. The summed E-state index contributed by atoms with van der Waals surface area (Å²) in [5.41, 5.74) is 1.96. The van der Waals surface area contributed by atoms with Crippen molar-refractivity contribution in [2.45, 2.75) is 38.7 Å². The van der Waals surface area contributed by atoms with Crippen molar-refractivity contribution in [3.05, 3.63) is 29.8 Å². The topological polar surface area (TPSA) is 38.3 Å². The van der Waals surface area contributed by atoms with E-state index in [4.69, 9.17) is 4.74 Å². The van der Waals surface area contributed by atoms with Crippen molar-refractivity contribution < 1.29 is 9.53 Å². The lowest BCUT2D eigenvalue weighted by Crippen LogP contribution is -2.25. The molecule has 0 bridgehead atoms. The molecule has 1 unspecified atom stereocenters. The Hall–Kier alpha value is -1.51. The van der Waals surface area contributed by atoms with Crippen LogP contribution >= 0.6 is 0 Å². The molecule has 2 rings (SSSR count). The van der Waals surface area contributed by atoms with Gasteiger partial charge < -0.3 is 10.1 Å². The molecule has 1 atom stereocenters. The number of para-hydroxylation sites is 1. The van der Waals surface area contributed by atoms with Crippen LogP contribution in [0.1, 0.15) is 38.7 Å². The number of hydrogen-bond donors (Lipinski definition) is 1. The van der Waals surface area contributed by atoms with Crippen molar-refractivity contribution in [2.75, 3.05) is 11.9 Å². The summed E-state index contributed by atoms with van der Waals surface area (Å²) in [6.07, 6.45) is 0.446. The Balaban J connectivity index is 2.00. The molecule has 0 amide bonds. The second-order valence-electron chi connectivity index (χ2n) is 5.46. The zero-order valence-electron chi connectivity index (χ0n) is 10.6. The van der Waals surface area contributed by atoms with Gasteiger partial charge in [0, 0.05) is 18.2 Å². The number of esters is 1. The summed E-state index contributed by atoms with van der Waals surface area (Å²) in [6.45, 7) is 6.50. The standard InChI is InChI=1S/C14H19NO2/c1-14(2,3)17-13(16)8-10-9-15-12-7-5-4-6-11(10)12/h4-7,10,15H,8-9H2,1-3H3. The number of anilines is 1. The van der Waals surface area contributed by atoms with E-state index in [9.17, 15) is 4.79 Å². The first-order valence-electron chi connectivity index (χ1n) is 6.00. The molecule has 0 saturated carbocycles. The van der Waals surface area contributed by atoms with E-state index < -0.39 is 5.60 Å². The van der Waals surface area contributed by atoms with Crippen LogP contribution in [-0.2, 0) is 9.53 Å². The van der Waals surface area contributed by atoms with Crippen LogP contribution in [0.4, 0.5) is 5.69 Å². The average Bonchev–Trinajstić information content (AvgIpc) is 2.59. The smallest absolute Gasteiger partial charge is 0.306 e. The van der Waals surface area contributed by atoms with E-state index in [-0.39, 0.29) is 11.9 Å². The Labute approximate surface area is 102 Å². The van der Waals surface area contributed by atoms with E-state index >= 15 is 0 Å². The third kappa shape index (κ3) is 2.99. The molecule has 92 valence electrons. The van der Waals surface area contributed by atoms with Gasteiger partial charge in [0.2, 0.25) is 0 Å². The van der Waals surface area contributed by atoms with Gasteiger partial charge in [-0.3, -0.25) is 4.79 Å². The van der Waals surface area contributed by atoms with Crippen LogP contribution in [0.5, 0.6) is 0 Å². The largest absolute Gasteiger partial charge is 0.460 e. The monoisotopic (exact) mass is 233 g/mol. The van der Waals surface area contributed by atoms with E-state index in [1.807, 2.05) is 39.0 Å². The van der Waals surface area contributed by atoms with Gasteiger partial charge in [-0.1, -0.05) is 18.2 Å². The van der Waals surface area contributed by atoms with Crippen LogP contribution in [0.25, 0.3) is 0 Å². The van der Waals surface area contributed by atoms with Crippen molar-refractivity contribution in [1.82, 2.24) is 0 Å². The highest BCUT2D eigenvalue weighted by Gasteiger charge is 2.26. The van der Waals surface area contributed by atoms with Crippen LogP contribution in [0.15, 0.2) is 24.3 Å². The Bertz CT molecular complexity index is 420. The van der Waals surface area contributed by atoms with Crippen LogP contribution in [0.2, 0.25) is 0 Å². The molecule has 1 aliphatic rings. The van der Waals surface area contributed by atoms with Crippen LogP contribution in [0.3, 0.4) is 0 Å². The van der Waals surface area contributed by atoms with Gasteiger partial charge in [0.15, 0.2) is 0 Å². The predicted molar refractivity (Wildman–Crippen MR) is 68.1 cm³/mol. The number of ether oxygens (including phenoxy) is 1. The lowest BCUT2D eigenvalue weighted by molar-refractivity contribution is -0.155. The van der Waals surface area contributed by atoms with Crippen molar-refractivity contribution in [2.24, 2.45) is 0 Å². The minimum Gasteiger partial charge on any atom is -0.460 e. The molecule has 1 N–H and O–H groups in total. The third-order valence-corrected chi connectivity index (χ3v) is 2.77. The maximum Gasteiger partial charge on any atom is 0.306 e. The van der Waals surface area contributed by atoms with Crippen LogP contribution in [-0.4, -0.2) is 18.1 Å². The quantitative estimate of drug-likeness (QED) is 0.798. The molecule has 0 spiro atoms. The number of rotatable bonds is 2. The second-order valence-corrected chi connectivity index (χ2v) is 5.46. The second kappa shape index (κ2) is 4.40. The number of carbonyl (C=O) groups is 1. The average molecular weight is 233 g/mol. The van der Waals surface area contributed by atoms with E-state index in [0.717, 1.165) is 12.2 Å². The van der Waals surface area contributed by atoms with Crippen molar-refractivity contribution in [1.29, 1.82) is 0 Å². The number of carbonyl (C=O) groups excluding carboxylic acids is 1. The Morgan fingerprint density at radius 3 is 2.82 bits per heavy atom. The van der Waals surface area contributed by atoms with E-state index in [2.05, 4.69) is 11.4 Å². The maximum absolute atomic E-state index is 11.8. The summed E-state index contributed by atoms with van der Waals surface area (Å²) in [5, 5.41) is 3.31. The van der Waals surface area contributed by atoms with Gasteiger partial charge in [0.25, 0.3) is 0 Å². The number of nitrogens with one attached hydrogen (secondary N) is 1. The zero-order chi connectivity index (χ0) is 12.5. The van der Waals surface area contributed by atoms with Gasteiger partial charge in [0.1, 0.15) is 5.60 Å². The highest BCUT2D eigenvalue weighted by molar-refractivity contribution is 5.73. The lowest BCUT2D eigenvalue weighted by atomic mass is 9.98. The summed E-state index contributed by atoms with van der Waals surface area (Å²) in [6, 6.07) is 8.13. The highest BCUT2D eigenvalue weighted by atomic mass is 16.6. The van der Waals surface area contributed by atoms with Crippen molar-refractivity contribution in [3.8, 4) is 0 Å². The fraction of sp³-hybridized carbons (Fsp3) is 0.500. The summed E-state index contributed by atoms with van der Waals surface area (Å²) in [7, 11) is 0. The lowest BCUT2D eigenvalue weighted by Gasteiger charge is -2.20. The van der Waals surface area contributed by atoms with E-state index in [1.54, 1.807) is 0 Å². The number of fused-ring (bicyclic) bond motifs is 1. The molecule has 0 aromatic heterocycles. The SMILES string of the molecule is CC(C)(C)OC(=O)CC1CNc2ccccc21. The molecule has 17 heavy (non-hydrogen) atoms. The zero-order valence-corrected chi connectivity index (χ0v) is 10.6. The van der Waals surface area contributed by atoms with Gasteiger partial charge in [0.05, 0.1) is 6.42 Å². The van der Waals surface area contributed by atoms with Gasteiger partial charge >= 0.3 is 5.97 Å². The van der Waals surface area contributed by atoms with Crippen LogP contribution in [0, 0.1) is 0 Å².